The van der Waals surface area contributed by atoms with E-state index in [0.717, 1.165) is 22.3 Å². The highest BCUT2D eigenvalue weighted by Crippen LogP contribution is 2.63. The highest BCUT2D eigenvalue weighted by molar-refractivity contribution is 5.99. The molecule has 2 aliphatic rings. The molecule has 0 aromatic heterocycles. The number of fused-ring (bicyclic) bond motifs is 6. The number of carbonyl (C=O) groups is 2. The number of esters is 2. The molecule has 0 bridgehead atoms. The van der Waals surface area contributed by atoms with Crippen LogP contribution < -0.4 is 0 Å². The van der Waals surface area contributed by atoms with Gasteiger partial charge in [0.1, 0.15) is 0 Å². The predicted molar refractivity (Wildman–Crippen MR) is 212 cm³/mol. The Bertz CT molecular complexity index is 2060. The topological polar surface area (TPSA) is 52.6 Å². The Morgan fingerprint density at radius 2 is 0.750 bits per heavy atom. The van der Waals surface area contributed by atoms with E-state index < -0.39 is 0 Å². The minimum Gasteiger partial charge on any atom is -0.465 e. The smallest absolute Gasteiger partial charge is 0.338 e. The zero-order valence-electron chi connectivity index (χ0n) is 32.2. The second kappa shape index (κ2) is 12.9. The molecular formula is C48H50O4. The lowest BCUT2D eigenvalue weighted by Crippen LogP contribution is -2.38. The lowest BCUT2D eigenvalue weighted by molar-refractivity contribution is 0.0592. The fourth-order valence-electron chi connectivity index (χ4n) is 10.5. The van der Waals surface area contributed by atoms with Crippen molar-refractivity contribution in [2.24, 2.45) is 23.7 Å². The fraction of sp³-hybridized carbons (Fsp3) is 0.333. The van der Waals surface area contributed by atoms with Crippen LogP contribution in [0.1, 0.15) is 98.4 Å². The van der Waals surface area contributed by atoms with Crippen LogP contribution in [-0.2, 0) is 20.3 Å². The molecule has 2 aliphatic carbocycles. The largest absolute Gasteiger partial charge is 0.465 e. The van der Waals surface area contributed by atoms with Crippen molar-refractivity contribution in [1.29, 1.82) is 0 Å². The van der Waals surface area contributed by atoms with Crippen LogP contribution in [0.2, 0.25) is 0 Å². The summed E-state index contributed by atoms with van der Waals surface area (Å²) < 4.78 is 10.4. The molecule has 0 N–H and O–H groups in total. The van der Waals surface area contributed by atoms with Crippen molar-refractivity contribution >= 4 is 11.9 Å². The van der Waals surface area contributed by atoms with Gasteiger partial charge in [-0.05, 0) is 127 Å². The summed E-state index contributed by atoms with van der Waals surface area (Å²) in [5, 5.41) is 0. The Labute approximate surface area is 309 Å². The Kier molecular flexibility index (Phi) is 8.80. The van der Waals surface area contributed by atoms with E-state index in [0.29, 0.717) is 34.8 Å². The van der Waals surface area contributed by atoms with E-state index in [-0.39, 0.29) is 22.8 Å². The third-order valence-corrected chi connectivity index (χ3v) is 12.5. The van der Waals surface area contributed by atoms with Gasteiger partial charge >= 0.3 is 11.9 Å². The summed E-state index contributed by atoms with van der Waals surface area (Å²) in [4.78, 5) is 25.7. The number of rotatable bonds is 8. The third-order valence-electron chi connectivity index (χ3n) is 12.5. The highest BCUT2D eigenvalue weighted by atomic mass is 16.5. The van der Waals surface area contributed by atoms with Crippen LogP contribution in [0.5, 0.6) is 0 Å². The Hall–Kier alpha value is -4.96. The van der Waals surface area contributed by atoms with Crippen LogP contribution in [0.4, 0.5) is 0 Å². The molecular weight excluding hydrogens is 641 g/mol. The van der Waals surface area contributed by atoms with Crippen molar-refractivity contribution in [3.8, 4) is 44.5 Å². The molecule has 0 spiro atoms. The standard InChI is InChI=1S/C48H50O4/c1-27(2)47(28(3)4)41-23-31(33-15-11-13-17-37(33)45(49)51-9)19-21-35(41)39-26-44-40(25-43(39)47)36-22-20-32(24-42(36)48(44,29(5)6)30(7)8)34-16-12-14-18-38(34)46(50)52-10/h11-30H,1-10H3. The van der Waals surface area contributed by atoms with Gasteiger partial charge in [-0.25, -0.2) is 9.59 Å². The summed E-state index contributed by atoms with van der Waals surface area (Å²) in [5.74, 6) is 0.543. The van der Waals surface area contributed by atoms with E-state index in [1.165, 1.54) is 58.7 Å². The van der Waals surface area contributed by atoms with Gasteiger partial charge in [0, 0.05) is 10.8 Å². The molecule has 7 rings (SSSR count). The van der Waals surface area contributed by atoms with Crippen molar-refractivity contribution in [3.63, 3.8) is 0 Å². The van der Waals surface area contributed by atoms with E-state index in [4.69, 9.17) is 9.47 Å². The van der Waals surface area contributed by atoms with Gasteiger partial charge in [-0.1, -0.05) is 116 Å². The highest BCUT2D eigenvalue weighted by Gasteiger charge is 2.52. The van der Waals surface area contributed by atoms with E-state index >= 15 is 0 Å². The van der Waals surface area contributed by atoms with Crippen LogP contribution in [0.15, 0.2) is 97.1 Å². The van der Waals surface area contributed by atoms with Gasteiger partial charge in [-0.15, -0.1) is 0 Å². The average molecular weight is 691 g/mol. The summed E-state index contributed by atoms with van der Waals surface area (Å²) in [6, 6.07) is 34.2. The minimum absolute atomic E-state index is 0.254. The number of carbonyl (C=O) groups excluding carboxylic acids is 2. The molecule has 5 aromatic rings. The SMILES string of the molecule is COC(=O)c1ccccc1-c1ccc2c(c1)C(C(C)C)(C(C)C)c1cc3c(cc1-2)C(C(C)C)(C(C)C)c1cc(-c2ccccc2C(=O)OC)ccc1-3. The van der Waals surface area contributed by atoms with Gasteiger partial charge in [-0.3, -0.25) is 0 Å². The van der Waals surface area contributed by atoms with Crippen LogP contribution >= 0.6 is 0 Å². The van der Waals surface area contributed by atoms with Gasteiger partial charge in [0.15, 0.2) is 0 Å². The molecule has 0 amide bonds. The number of hydrogen-bond donors (Lipinski definition) is 0. The van der Waals surface area contributed by atoms with Crippen molar-refractivity contribution < 1.29 is 19.1 Å². The van der Waals surface area contributed by atoms with Crippen molar-refractivity contribution in [1.82, 2.24) is 0 Å². The van der Waals surface area contributed by atoms with Gasteiger partial charge in [0.2, 0.25) is 0 Å². The zero-order valence-corrected chi connectivity index (χ0v) is 32.2. The first-order chi connectivity index (χ1) is 24.8. The minimum atomic E-state index is -0.330. The summed E-state index contributed by atoms with van der Waals surface area (Å²) >= 11 is 0. The monoisotopic (exact) mass is 690 g/mol. The van der Waals surface area contributed by atoms with Crippen molar-refractivity contribution in [2.45, 2.75) is 66.2 Å². The maximum atomic E-state index is 12.9. The number of benzene rings is 5. The van der Waals surface area contributed by atoms with E-state index in [2.05, 4.69) is 104 Å². The zero-order chi connectivity index (χ0) is 37.3. The summed E-state index contributed by atoms with van der Waals surface area (Å²) in [7, 11) is 2.88. The van der Waals surface area contributed by atoms with E-state index in [1.54, 1.807) is 0 Å². The van der Waals surface area contributed by atoms with E-state index in [1.807, 2.05) is 48.5 Å². The van der Waals surface area contributed by atoms with Crippen molar-refractivity contribution in [2.75, 3.05) is 14.2 Å². The van der Waals surface area contributed by atoms with Gasteiger partial charge in [0.25, 0.3) is 0 Å². The maximum absolute atomic E-state index is 12.9. The van der Waals surface area contributed by atoms with Gasteiger partial charge < -0.3 is 9.47 Å². The molecule has 0 radical (unpaired) electrons. The molecule has 4 nitrogen and oxygen atoms in total. The van der Waals surface area contributed by atoms with Crippen molar-refractivity contribution in [3.05, 3.63) is 130 Å². The van der Waals surface area contributed by atoms with Crippen LogP contribution in [0.3, 0.4) is 0 Å². The molecule has 0 aliphatic heterocycles. The fourth-order valence-corrected chi connectivity index (χ4v) is 10.5. The normalized spacial score (nSPS) is 14.7. The Balaban J connectivity index is 1.50. The molecule has 5 aromatic carbocycles. The molecule has 266 valence electrons. The maximum Gasteiger partial charge on any atom is 0.338 e. The van der Waals surface area contributed by atoms with Crippen LogP contribution in [0, 0.1) is 23.7 Å². The second-order valence-electron chi connectivity index (χ2n) is 15.9. The first kappa shape index (κ1) is 35.4. The average Bonchev–Trinajstić information content (AvgIpc) is 3.60. The summed E-state index contributed by atoms with van der Waals surface area (Å²) in [6.07, 6.45) is 0. The molecule has 0 saturated heterocycles. The molecule has 0 fully saturated rings. The Morgan fingerprint density at radius 1 is 0.423 bits per heavy atom. The first-order valence-electron chi connectivity index (χ1n) is 18.7. The van der Waals surface area contributed by atoms with Crippen LogP contribution in [-0.4, -0.2) is 26.2 Å². The quantitative estimate of drug-likeness (QED) is 0.152. The Morgan fingerprint density at radius 3 is 1.08 bits per heavy atom. The number of hydrogen-bond acceptors (Lipinski definition) is 4. The first-order valence-corrected chi connectivity index (χ1v) is 18.7. The van der Waals surface area contributed by atoms with E-state index in [9.17, 15) is 9.59 Å². The number of methoxy groups -OCH3 is 2. The summed E-state index contributed by atoms with van der Waals surface area (Å²) in [6.45, 7) is 18.8. The molecule has 0 saturated carbocycles. The molecule has 52 heavy (non-hydrogen) atoms. The molecule has 0 atom stereocenters. The molecule has 0 heterocycles. The second-order valence-corrected chi connectivity index (χ2v) is 15.9. The van der Waals surface area contributed by atoms with Crippen LogP contribution in [0.25, 0.3) is 44.5 Å². The number of ether oxygens (including phenoxy) is 2. The lowest BCUT2D eigenvalue weighted by atomic mass is 9.61. The predicted octanol–water partition coefficient (Wildman–Crippen LogP) is 11.8. The van der Waals surface area contributed by atoms with Gasteiger partial charge in [-0.2, -0.15) is 0 Å². The third kappa shape index (κ3) is 4.79. The summed E-state index contributed by atoms with van der Waals surface area (Å²) in [5.41, 5.74) is 15.0. The molecule has 0 unspecified atom stereocenters. The van der Waals surface area contributed by atoms with Gasteiger partial charge in [0.05, 0.1) is 25.3 Å². The molecule has 4 heteroatoms. The lowest BCUT2D eigenvalue weighted by Gasteiger charge is -2.42.